The van der Waals surface area contributed by atoms with Gasteiger partial charge in [0.25, 0.3) is 5.91 Å². The van der Waals surface area contributed by atoms with Crippen LogP contribution in [0.25, 0.3) is 33.4 Å². The molecule has 3 aromatic carbocycles. The first-order valence-electron chi connectivity index (χ1n) is 10.2. The lowest BCUT2D eigenvalue weighted by Crippen LogP contribution is -2.11. The Morgan fingerprint density at radius 2 is 1.55 bits per heavy atom. The maximum atomic E-state index is 12.6. The Hall–Kier alpha value is -4.71. The van der Waals surface area contributed by atoms with Crippen LogP contribution in [-0.2, 0) is 0 Å². The van der Waals surface area contributed by atoms with Gasteiger partial charge in [-0.3, -0.25) is 9.59 Å². The van der Waals surface area contributed by atoms with E-state index >= 15 is 0 Å². The molecule has 0 saturated carbocycles. The second-order valence-electron chi connectivity index (χ2n) is 7.52. The molecule has 6 nitrogen and oxygen atoms in total. The van der Waals surface area contributed by atoms with E-state index in [1.54, 1.807) is 66.7 Å². The van der Waals surface area contributed by atoms with Crippen molar-refractivity contribution in [1.82, 2.24) is 0 Å². The molecule has 1 amide bonds. The minimum Gasteiger partial charge on any atom is -0.478 e. The summed E-state index contributed by atoms with van der Waals surface area (Å²) in [7, 11) is 0. The number of rotatable bonds is 4. The smallest absolute Gasteiger partial charge is 0.336 e. The van der Waals surface area contributed by atoms with Gasteiger partial charge in [-0.1, -0.05) is 36.4 Å². The highest BCUT2D eigenvalue weighted by molar-refractivity contribution is 6.09. The third kappa shape index (κ3) is 3.74. The van der Waals surface area contributed by atoms with Crippen molar-refractivity contribution >= 4 is 28.5 Å². The molecule has 0 aromatic heterocycles. The van der Waals surface area contributed by atoms with Gasteiger partial charge in [-0.25, -0.2) is 4.79 Å². The van der Waals surface area contributed by atoms with E-state index in [-0.39, 0.29) is 16.9 Å². The summed E-state index contributed by atoms with van der Waals surface area (Å²) >= 11 is 0. The zero-order chi connectivity index (χ0) is 22.9. The second kappa shape index (κ2) is 8.09. The van der Waals surface area contributed by atoms with Crippen LogP contribution in [-0.4, -0.2) is 17.0 Å². The lowest BCUT2D eigenvalue weighted by Gasteiger charge is -2.17. The van der Waals surface area contributed by atoms with Gasteiger partial charge in [0.2, 0.25) is 0 Å². The van der Waals surface area contributed by atoms with E-state index in [1.807, 2.05) is 6.07 Å². The van der Waals surface area contributed by atoms with Gasteiger partial charge in [-0.05, 0) is 48.0 Å². The summed E-state index contributed by atoms with van der Waals surface area (Å²) in [6.45, 7) is 0. The van der Waals surface area contributed by atoms with Crippen LogP contribution in [0, 0.1) is 0 Å². The zero-order valence-electron chi connectivity index (χ0n) is 17.2. The van der Waals surface area contributed by atoms with Crippen LogP contribution >= 0.6 is 0 Å². The molecule has 0 saturated heterocycles. The van der Waals surface area contributed by atoms with Crippen molar-refractivity contribution in [1.29, 1.82) is 0 Å². The average molecular weight is 435 g/mol. The highest BCUT2D eigenvalue weighted by atomic mass is 16.4. The Bertz CT molecular complexity index is 1550. The van der Waals surface area contributed by atoms with E-state index in [0.717, 1.165) is 0 Å². The average Bonchev–Trinajstić information content (AvgIpc) is 2.83. The van der Waals surface area contributed by atoms with Gasteiger partial charge in [0.15, 0.2) is 5.43 Å². The summed E-state index contributed by atoms with van der Waals surface area (Å²) in [5, 5.41) is 13.2. The highest BCUT2D eigenvalue weighted by Crippen LogP contribution is 2.41. The number of amides is 1. The normalized spacial score (nSPS) is 10.9. The van der Waals surface area contributed by atoms with Gasteiger partial charge in [0.05, 0.1) is 5.56 Å². The standard InChI is InChI=1S/C27H17NO5/c29-18-11-13-22-24(15-18)33-23-14-17(28-26(30)16-6-2-1-3-7-16)10-12-21(23)25(22)19-8-4-5-9-20(19)27(31)32/h1-15H,(H,28,30)(H,31,32). The minimum atomic E-state index is -1.06. The number of carbonyl (C=O) groups is 2. The van der Waals surface area contributed by atoms with E-state index in [0.29, 0.717) is 44.7 Å². The molecule has 5 rings (SSSR count). The number of carbonyl (C=O) groups excluding carboxylic acids is 1. The van der Waals surface area contributed by atoms with Gasteiger partial charge >= 0.3 is 5.97 Å². The van der Waals surface area contributed by atoms with E-state index in [4.69, 9.17) is 4.42 Å². The van der Waals surface area contributed by atoms with Crippen LogP contribution in [0.5, 0.6) is 0 Å². The molecule has 2 aliphatic rings. The van der Waals surface area contributed by atoms with Gasteiger partial charge in [-0.15, -0.1) is 0 Å². The number of hydrogen-bond acceptors (Lipinski definition) is 4. The van der Waals surface area contributed by atoms with Crippen molar-refractivity contribution in [3.63, 3.8) is 0 Å². The SMILES string of the molecule is O=C(Nc1ccc2c(-c3ccccc3C(=O)O)c3ccc(=O)cc-3oc2c1)c1ccccc1. The summed E-state index contributed by atoms with van der Waals surface area (Å²) in [5.41, 5.74) is 3.12. The fraction of sp³-hybridized carbons (Fsp3) is 0. The molecule has 0 bridgehead atoms. The maximum Gasteiger partial charge on any atom is 0.336 e. The Morgan fingerprint density at radius 1 is 0.788 bits per heavy atom. The lowest BCUT2D eigenvalue weighted by atomic mass is 9.91. The van der Waals surface area contributed by atoms with Crippen LogP contribution in [0.1, 0.15) is 20.7 Å². The third-order valence-electron chi connectivity index (χ3n) is 5.41. The highest BCUT2D eigenvalue weighted by Gasteiger charge is 2.21. The summed E-state index contributed by atoms with van der Waals surface area (Å²) in [4.78, 5) is 36.5. The largest absolute Gasteiger partial charge is 0.478 e. The molecule has 0 radical (unpaired) electrons. The molecule has 1 heterocycles. The van der Waals surface area contributed by atoms with Crippen LogP contribution in [0.15, 0.2) is 100 Å². The summed E-state index contributed by atoms with van der Waals surface area (Å²) < 4.78 is 6.02. The molecule has 0 atom stereocenters. The molecule has 0 unspecified atom stereocenters. The number of hydrogen-bond donors (Lipinski definition) is 2. The van der Waals surface area contributed by atoms with E-state index in [9.17, 15) is 19.5 Å². The van der Waals surface area contributed by atoms with Crippen LogP contribution in [0.2, 0.25) is 0 Å². The first-order chi connectivity index (χ1) is 16.0. The van der Waals surface area contributed by atoms with Crippen LogP contribution in [0.3, 0.4) is 0 Å². The Morgan fingerprint density at radius 3 is 2.33 bits per heavy atom. The second-order valence-corrected chi connectivity index (χ2v) is 7.52. The number of aromatic carboxylic acids is 1. The number of fused-ring (bicyclic) bond motifs is 2. The fourth-order valence-electron chi connectivity index (χ4n) is 3.92. The first-order valence-corrected chi connectivity index (χ1v) is 10.2. The Kier molecular flexibility index (Phi) is 4.95. The van der Waals surface area contributed by atoms with Crippen molar-refractivity contribution in [3.05, 3.63) is 112 Å². The molecule has 1 aliphatic heterocycles. The summed E-state index contributed by atoms with van der Waals surface area (Å²) in [5.74, 6) is -0.995. The number of carboxylic acids is 1. The summed E-state index contributed by atoms with van der Waals surface area (Å²) in [6, 6.07) is 25.1. The predicted octanol–water partition coefficient (Wildman–Crippen LogP) is 5.52. The van der Waals surface area contributed by atoms with E-state index in [1.165, 1.54) is 18.2 Å². The molecule has 1 aliphatic carbocycles. The molecule has 160 valence electrons. The molecule has 3 aromatic rings. The fourth-order valence-corrected chi connectivity index (χ4v) is 3.92. The van der Waals surface area contributed by atoms with Crippen molar-refractivity contribution in [3.8, 4) is 22.5 Å². The van der Waals surface area contributed by atoms with Gasteiger partial charge in [0.1, 0.15) is 11.3 Å². The number of carboxylic acid groups (broad SMARTS) is 1. The molecule has 33 heavy (non-hydrogen) atoms. The topological polar surface area (TPSA) is 96.6 Å². The molecule has 6 heteroatoms. The monoisotopic (exact) mass is 435 g/mol. The minimum absolute atomic E-state index is 0.138. The number of nitrogens with one attached hydrogen (secondary N) is 1. The number of benzene rings is 4. The maximum absolute atomic E-state index is 12.6. The van der Waals surface area contributed by atoms with E-state index in [2.05, 4.69) is 5.32 Å². The Labute approximate surface area is 188 Å². The molecular formula is C27H17NO5. The quantitative estimate of drug-likeness (QED) is 0.363. The van der Waals surface area contributed by atoms with E-state index < -0.39 is 5.97 Å². The lowest BCUT2D eigenvalue weighted by molar-refractivity contribution is 0.0697. The van der Waals surface area contributed by atoms with Crippen molar-refractivity contribution in [2.75, 3.05) is 5.32 Å². The molecule has 0 spiro atoms. The molecular weight excluding hydrogens is 418 g/mol. The van der Waals surface area contributed by atoms with Crippen LogP contribution in [0.4, 0.5) is 5.69 Å². The number of anilines is 1. The van der Waals surface area contributed by atoms with Crippen molar-refractivity contribution in [2.24, 2.45) is 0 Å². The van der Waals surface area contributed by atoms with Gasteiger partial charge in [0, 0.05) is 39.9 Å². The van der Waals surface area contributed by atoms with Crippen molar-refractivity contribution < 1.29 is 19.1 Å². The van der Waals surface area contributed by atoms with Crippen molar-refractivity contribution in [2.45, 2.75) is 0 Å². The predicted molar refractivity (Wildman–Crippen MR) is 126 cm³/mol. The first kappa shape index (κ1) is 20.2. The Balaban J connectivity index is 1.72. The van der Waals surface area contributed by atoms with Gasteiger partial charge < -0.3 is 14.8 Å². The molecule has 2 N–H and O–H groups in total. The zero-order valence-corrected chi connectivity index (χ0v) is 17.2. The molecule has 0 fully saturated rings. The van der Waals surface area contributed by atoms with Crippen LogP contribution < -0.4 is 10.7 Å². The summed E-state index contributed by atoms with van der Waals surface area (Å²) in [6.07, 6.45) is 0. The third-order valence-corrected chi connectivity index (χ3v) is 5.41. The van der Waals surface area contributed by atoms with Gasteiger partial charge in [-0.2, -0.15) is 0 Å².